The monoisotopic (exact) mass is 292 g/mol. The molecule has 1 aromatic carbocycles. The first kappa shape index (κ1) is 12.4. The van der Waals surface area contributed by atoms with Crippen molar-refractivity contribution in [3.8, 4) is 6.07 Å². The Morgan fingerprint density at radius 3 is 2.88 bits per heavy atom. The molecule has 2 unspecified atom stereocenters. The quantitative estimate of drug-likeness (QED) is 0.884. The standard InChI is InChI=1S/C14H17BrN2/c1-10-6-7-12(15)8-14(10)17-13-5-3-2-4-11(13)9-16/h6-8,11,13,17H,2-5H2,1H3. The van der Waals surface area contributed by atoms with Gasteiger partial charge in [-0.2, -0.15) is 5.26 Å². The number of halogens is 1. The number of nitrogens with zero attached hydrogens (tertiary/aromatic N) is 1. The van der Waals surface area contributed by atoms with Gasteiger partial charge in [0, 0.05) is 16.2 Å². The molecule has 1 aliphatic rings. The molecule has 2 rings (SSSR count). The Labute approximate surface area is 111 Å². The van der Waals surface area contributed by atoms with Crippen molar-refractivity contribution < 1.29 is 0 Å². The molecular formula is C14H17BrN2. The minimum absolute atomic E-state index is 0.155. The highest BCUT2D eigenvalue weighted by Crippen LogP contribution is 2.29. The van der Waals surface area contributed by atoms with E-state index < -0.39 is 0 Å². The minimum Gasteiger partial charge on any atom is -0.381 e. The Balaban J connectivity index is 2.14. The number of aryl methyl sites for hydroxylation is 1. The number of benzene rings is 1. The summed E-state index contributed by atoms with van der Waals surface area (Å²) < 4.78 is 1.08. The molecule has 1 aromatic rings. The van der Waals surface area contributed by atoms with Crippen LogP contribution >= 0.6 is 15.9 Å². The number of hydrogen-bond acceptors (Lipinski definition) is 2. The van der Waals surface area contributed by atoms with E-state index in [-0.39, 0.29) is 5.92 Å². The second-order valence-electron chi connectivity index (χ2n) is 4.73. The Morgan fingerprint density at radius 2 is 2.12 bits per heavy atom. The lowest BCUT2D eigenvalue weighted by atomic mass is 9.85. The summed E-state index contributed by atoms with van der Waals surface area (Å²) in [7, 11) is 0. The zero-order chi connectivity index (χ0) is 12.3. The van der Waals surface area contributed by atoms with Gasteiger partial charge in [0.1, 0.15) is 0 Å². The first-order valence-electron chi connectivity index (χ1n) is 6.13. The van der Waals surface area contributed by atoms with E-state index in [9.17, 15) is 0 Å². The van der Waals surface area contributed by atoms with Crippen molar-refractivity contribution in [3.05, 3.63) is 28.2 Å². The van der Waals surface area contributed by atoms with Crippen molar-refractivity contribution in [2.75, 3.05) is 5.32 Å². The fraction of sp³-hybridized carbons (Fsp3) is 0.500. The topological polar surface area (TPSA) is 35.8 Å². The van der Waals surface area contributed by atoms with E-state index in [1.54, 1.807) is 0 Å². The second kappa shape index (κ2) is 5.55. The van der Waals surface area contributed by atoms with Crippen molar-refractivity contribution >= 4 is 21.6 Å². The first-order chi connectivity index (χ1) is 8.20. The summed E-state index contributed by atoms with van der Waals surface area (Å²) in [6, 6.07) is 8.98. The van der Waals surface area contributed by atoms with Crippen LogP contribution in [0.15, 0.2) is 22.7 Å². The van der Waals surface area contributed by atoms with Crippen molar-refractivity contribution in [1.29, 1.82) is 5.26 Å². The van der Waals surface area contributed by atoms with Gasteiger partial charge in [-0.25, -0.2) is 0 Å². The van der Waals surface area contributed by atoms with Crippen LogP contribution in [-0.4, -0.2) is 6.04 Å². The summed E-state index contributed by atoms with van der Waals surface area (Å²) in [5.74, 6) is 0.155. The van der Waals surface area contributed by atoms with Crippen molar-refractivity contribution in [3.63, 3.8) is 0 Å². The third-order valence-electron chi connectivity index (χ3n) is 3.47. The average molecular weight is 293 g/mol. The maximum atomic E-state index is 9.16. The fourth-order valence-electron chi connectivity index (χ4n) is 2.41. The Hall–Kier alpha value is -1.01. The highest BCUT2D eigenvalue weighted by molar-refractivity contribution is 9.10. The number of anilines is 1. The van der Waals surface area contributed by atoms with Gasteiger partial charge in [0.2, 0.25) is 0 Å². The van der Waals surface area contributed by atoms with E-state index in [2.05, 4.69) is 46.4 Å². The van der Waals surface area contributed by atoms with Crippen LogP contribution in [0.2, 0.25) is 0 Å². The SMILES string of the molecule is Cc1ccc(Br)cc1NC1CCCCC1C#N. The lowest BCUT2D eigenvalue weighted by molar-refractivity contribution is 0.388. The molecule has 1 N–H and O–H groups in total. The van der Waals surface area contributed by atoms with Gasteiger partial charge >= 0.3 is 0 Å². The smallest absolute Gasteiger partial charge is 0.0677 e. The molecule has 1 fully saturated rings. The summed E-state index contributed by atoms with van der Waals surface area (Å²) in [5.41, 5.74) is 2.38. The zero-order valence-corrected chi connectivity index (χ0v) is 11.6. The van der Waals surface area contributed by atoms with E-state index in [1.165, 1.54) is 18.4 Å². The van der Waals surface area contributed by atoms with Crippen LogP contribution in [0.1, 0.15) is 31.2 Å². The molecule has 1 saturated carbocycles. The third-order valence-corrected chi connectivity index (χ3v) is 3.97. The number of nitrogens with one attached hydrogen (secondary N) is 1. The highest BCUT2D eigenvalue weighted by atomic mass is 79.9. The highest BCUT2D eigenvalue weighted by Gasteiger charge is 2.24. The first-order valence-corrected chi connectivity index (χ1v) is 6.92. The minimum atomic E-state index is 0.155. The van der Waals surface area contributed by atoms with Gasteiger partial charge in [0.25, 0.3) is 0 Å². The normalized spacial score (nSPS) is 24.1. The summed E-state index contributed by atoms with van der Waals surface area (Å²) in [5, 5.41) is 12.7. The van der Waals surface area contributed by atoms with Crippen LogP contribution in [0.4, 0.5) is 5.69 Å². The van der Waals surface area contributed by atoms with E-state index >= 15 is 0 Å². The molecule has 90 valence electrons. The Morgan fingerprint density at radius 1 is 1.35 bits per heavy atom. The number of nitriles is 1. The third kappa shape index (κ3) is 3.01. The average Bonchev–Trinajstić information content (AvgIpc) is 2.34. The molecule has 2 nitrogen and oxygen atoms in total. The van der Waals surface area contributed by atoms with Crippen LogP contribution in [0.3, 0.4) is 0 Å². The van der Waals surface area contributed by atoms with Crippen LogP contribution in [-0.2, 0) is 0 Å². The van der Waals surface area contributed by atoms with Crippen LogP contribution in [0.25, 0.3) is 0 Å². The molecule has 0 aromatic heterocycles. The zero-order valence-electron chi connectivity index (χ0n) is 10.0. The van der Waals surface area contributed by atoms with Gasteiger partial charge in [-0.05, 0) is 37.5 Å². The van der Waals surface area contributed by atoms with Gasteiger partial charge in [-0.1, -0.05) is 34.8 Å². The molecule has 2 atom stereocenters. The molecule has 3 heteroatoms. The molecular weight excluding hydrogens is 276 g/mol. The summed E-state index contributed by atoms with van der Waals surface area (Å²) in [6.07, 6.45) is 4.54. The van der Waals surface area contributed by atoms with Gasteiger partial charge in [0.05, 0.1) is 12.0 Å². The Kier molecular flexibility index (Phi) is 4.06. The molecule has 0 aliphatic heterocycles. The molecule has 1 aliphatic carbocycles. The van der Waals surface area contributed by atoms with E-state index in [0.29, 0.717) is 6.04 Å². The maximum Gasteiger partial charge on any atom is 0.0677 e. The largest absolute Gasteiger partial charge is 0.381 e. The fourth-order valence-corrected chi connectivity index (χ4v) is 2.77. The van der Waals surface area contributed by atoms with E-state index in [1.807, 2.05) is 6.07 Å². The number of rotatable bonds is 2. The molecule has 0 amide bonds. The lowest BCUT2D eigenvalue weighted by Crippen LogP contribution is -2.31. The van der Waals surface area contributed by atoms with E-state index in [0.717, 1.165) is 23.0 Å². The van der Waals surface area contributed by atoms with E-state index in [4.69, 9.17) is 5.26 Å². The summed E-state index contributed by atoms with van der Waals surface area (Å²) in [4.78, 5) is 0. The Bertz CT molecular complexity index is 436. The van der Waals surface area contributed by atoms with Crippen LogP contribution in [0, 0.1) is 24.2 Å². The van der Waals surface area contributed by atoms with Crippen molar-refractivity contribution in [1.82, 2.24) is 0 Å². The maximum absolute atomic E-state index is 9.16. The molecule has 0 radical (unpaired) electrons. The molecule has 0 heterocycles. The predicted octanol–water partition coefficient (Wildman–Crippen LogP) is 4.25. The molecule has 17 heavy (non-hydrogen) atoms. The van der Waals surface area contributed by atoms with Gasteiger partial charge < -0.3 is 5.32 Å². The predicted molar refractivity (Wildman–Crippen MR) is 73.9 cm³/mol. The molecule has 0 spiro atoms. The molecule has 0 saturated heterocycles. The molecule has 0 bridgehead atoms. The second-order valence-corrected chi connectivity index (χ2v) is 5.65. The van der Waals surface area contributed by atoms with Crippen molar-refractivity contribution in [2.45, 2.75) is 38.6 Å². The van der Waals surface area contributed by atoms with Gasteiger partial charge in [-0.3, -0.25) is 0 Å². The van der Waals surface area contributed by atoms with Crippen LogP contribution < -0.4 is 5.32 Å². The summed E-state index contributed by atoms with van der Waals surface area (Å²) >= 11 is 3.49. The van der Waals surface area contributed by atoms with Crippen molar-refractivity contribution in [2.24, 2.45) is 5.92 Å². The van der Waals surface area contributed by atoms with Crippen LogP contribution in [0.5, 0.6) is 0 Å². The lowest BCUT2D eigenvalue weighted by Gasteiger charge is -2.29. The van der Waals surface area contributed by atoms with Gasteiger partial charge in [-0.15, -0.1) is 0 Å². The summed E-state index contributed by atoms with van der Waals surface area (Å²) in [6.45, 7) is 2.10. The number of hydrogen-bond donors (Lipinski definition) is 1. The van der Waals surface area contributed by atoms with Gasteiger partial charge in [0.15, 0.2) is 0 Å².